The molecule has 0 radical (unpaired) electrons. The molecule has 2 unspecified atom stereocenters. The normalized spacial score (nSPS) is 36.9. The Balaban J connectivity index is 1.51. The maximum absolute atomic E-state index is 12.2. The van der Waals surface area contributed by atoms with Gasteiger partial charge >= 0.3 is 12.1 Å². The van der Waals surface area contributed by atoms with Crippen LogP contribution in [0.3, 0.4) is 0 Å². The fourth-order valence-electron chi connectivity index (χ4n) is 4.72. The molecule has 5 nitrogen and oxygen atoms in total. The quantitative estimate of drug-likeness (QED) is 0.699. The van der Waals surface area contributed by atoms with Gasteiger partial charge in [0.1, 0.15) is 5.60 Å². The summed E-state index contributed by atoms with van der Waals surface area (Å²) >= 11 is 0. The molecular formula is C17H27NO4. The summed E-state index contributed by atoms with van der Waals surface area (Å²) in [6, 6.07) is 0. The molecule has 0 aromatic rings. The number of methoxy groups -OCH3 is 1. The van der Waals surface area contributed by atoms with E-state index in [2.05, 4.69) is 0 Å². The molecule has 1 spiro atoms. The summed E-state index contributed by atoms with van der Waals surface area (Å²) in [5.41, 5.74) is -0.0913. The molecule has 2 aliphatic carbocycles. The van der Waals surface area contributed by atoms with Gasteiger partial charge in [0.2, 0.25) is 0 Å². The van der Waals surface area contributed by atoms with Gasteiger partial charge in [0.05, 0.1) is 13.0 Å². The van der Waals surface area contributed by atoms with Gasteiger partial charge < -0.3 is 14.4 Å². The van der Waals surface area contributed by atoms with Crippen molar-refractivity contribution in [3.05, 3.63) is 0 Å². The smallest absolute Gasteiger partial charge is 0.410 e. The van der Waals surface area contributed by atoms with Gasteiger partial charge in [-0.1, -0.05) is 0 Å². The maximum Gasteiger partial charge on any atom is 0.410 e. The Morgan fingerprint density at radius 3 is 2.05 bits per heavy atom. The fourth-order valence-corrected chi connectivity index (χ4v) is 4.72. The average Bonchev–Trinajstić information content (AvgIpc) is 2.89. The second kappa shape index (κ2) is 5.14. The van der Waals surface area contributed by atoms with Gasteiger partial charge in [0, 0.05) is 13.1 Å². The minimum atomic E-state index is -0.433. The summed E-state index contributed by atoms with van der Waals surface area (Å²) in [7, 11) is 1.47. The van der Waals surface area contributed by atoms with E-state index in [1.807, 2.05) is 25.7 Å². The Labute approximate surface area is 132 Å². The van der Waals surface area contributed by atoms with E-state index in [0.717, 1.165) is 38.8 Å². The van der Waals surface area contributed by atoms with Crippen molar-refractivity contribution in [3.63, 3.8) is 0 Å². The largest absolute Gasteiger partial charge is 0.469 e. The highest BCUT2D eigenvalue weighted by Gasteiger charge is 2.57. The van der Waals surface area contributed by atoms with Crippen molar-refractivity contribution in [1.29, 1.82) is 0 Å². The molecule has 3 rings (SSSR count). The third kappa shape index (κ3) is 2.82. The van der Waals surface area contributed by atoms with Crippen molar-refractivity contribution < 1.29 is 19.1 Å². The maximum atomic E-state index is 12.2. The third-order valence-electron chi connectivity index (χ3n) is 5.51. The lowest BCUT2D eigenvalue weighted by molar-refractivity contribution is -0.154. The lowest BCUT2D eigenvalue weighted by Crippen LogP contribution is -2.42. The van der Waals surface area contributed by atoms with Gasteiger partial charge in [0.15, 0.2) is 0 Å². The third-order valence-corrected chi connectivity index (χ3v) is 5.51. The van der Waals surface area contributed by atoms with E-state index >= 15 is 0 Å². The molecule has 1 aliphatic heterocycles. The Kier molecular flexibility index (Phi) is 3.65. The fraction of sp³-hybridized carbons (Fsp3) is 0.882. The lowest BCUT2D eigenvalue weighted by atomic mass is 9.60. The van der Waals surface area contributed by atoms with Crippen LogP contribution in [0.5, 0.6) is 0 Å². The lowest BCUT2D eigenvalue weighted by Gasteiger charge is -2.44. The minimum Gasteiger partial charge on any atom is -0.469 e. The van der Waals surface area contributed by atoms with Crippen LogP contribution >= 0.6 is 0 Å². The molecule has 0 bridgehead atoms. The predicted molar refractivity (Wildman–Crippen MR) is 81.2 cm³/mol. The number of likely N-dealkylation sites (tertiary alicyclic amines) is 1. The van der Waals surface area contributed by atoms with Crippen LogP contribution < -0.4 is 0 Å². The molecule has 2 saturated carbocycles. The second-order valence-corrected chi connectivity index (χ2v) is 8.44. The standard InChI is InChI=1S/C17H27NO4/c1-16(2,3)22-15(20)18-9-12-7-17(8-13(12)10-18)5-11(6-17)14(19)21-4/h11-13H,5-10H2,1-4H3. The van der Waals surface area contributed by atoms with Crippen LogP contribution in [0.4, 0.5) is 4.79 Å². The molecule has 2 atom stereocenters. The summed E-state index contributed by atoms with van der Waals surface area (Å²) in [4.78, 5) is 25.6. The highest BCUT2D eigenvalue weighted by molar-refractivity contribution is 5.73. The number of fused-ring (bicyclic) bond motifs is 1. The monoisotopic (exact) mass is 309 g/mol. The van der Waals surface area contributed by atoms with E-state index in [4.69, 9.17) is 9.47 Å². The number of ether oxygens (including phenoxy) is 2. The van der Waals surface area contributed by atoms with Crippen LogP contribution in [0.25, 0.3) is 0 Å². The summed E-state index contributed by atoms with van der Waals surface area (Å²) in [6.07, 6.45) is 4.05. The van der Waals surface area contributed by atoms with Crippen LogP contribution in [0.1, 0.15) is 46.5 Å². The zero-order valence-electron chi connectivity index (χ0n) is 14.1. The minimum absolute atomic E-state index is 0.0573. The first-order valence-corrected chi connectivity index (χ1v) is 8.27. The summed E-state index contributed by atoms with van der Waals surface area (Å²) in [6.45, 7) is 7.32. The topological polar surface area (TPSA) is 55.8 Å². The van der Waals surface area contributed by atoms with Gasteiger partial charge in [0.25, 0.3) is 0 Å². The van der Waals surface area contributed by atoms with Gasteiger partial charge in [-0.3, -0.25) is 4.79 Å². The van der Waals surface area contributed by atoms with Crippen LogP contribution in [-0.4, -0.2) is 42.8 Å². The number of amides is 1. The number of nitrogens with zero attached hydrogens (tertiary/aromatic N) is 1. The van der Waals surface area contributed by atoms with Crippen molar-refractivity contribution in [3.8, 4) is 0 Å². The van der Waals surface area contributed by atoms with Crippen LogP contribution in [-0.2, 0) is 14.3 Å². The van der Waals surface area contributed by atoms with Gasteiger partial charge in [-0.25, -0.2) is 4.79 Å². The predicted octanol–water partition coefficient (Wildman–Crippen LogP) is 2.83. The molecule has 3 aliphatic rings. The molecule has 0 N–H and O–H groups in total. The van der Waals surface area contributed by atoms with Gasteiger partial charge in [-0.15, -0.1) is 0 Å². The van der Waals surface area contributed by atoms with Crippen LogP contribution in [0.15, 0.2) is 0 Å². The Hall–Kier alpha value is -1.26. The molecule has 124 valence electrons. The Morgan fingerprint density at radius 1 is 1.05 bits per heavy atom. The molecule has 3 fully saturated rings. The highest BCUT2D eigenvalue weighted by atomic mass is 16.6. The molecular weight excluding hydrogens is 282 g/mol. The first kappa shape index (κ1) is 15.6. The first-order chi connectivity index (χ1) is 10.2. The van der Waals surface area contributed by atoms with Gasteiger partial charge in [-0.2, -0.15) is 0 Å². The number of carbonyl (C=O) groups is 2. The van der Waals surface area contributed by atoms with E-state index in [1.165, 1.54) is 7.11 Å². The van der Waals surface area contributed by atoms with E-state index in [0.29, 0.717) is 17.3 Å². The number of carbonyl (C=O) groups excluding carboxylic acids is 2. The molecule has 5 heteroatoms. The average molecular weight is 309 g/mol. The number of rotatable bonds is 1. The van der Waals surface area contributed by atoms with Crippen molar-refractivity contribution in [2.75, 3.05) is 20.2 Å². The number of hydrogen-bond donors (Lipinski definition) is 0. The Morgan fingerprint density at radius 2 is 1.59 bits per heavy atom. The van der Waals surface area contributed by atoms with E-state index in [9.17, 15) is 9.59 Å². The molecule has 1 amide bonds. The molecule has 0 aromatic carbocycles. The van der Waals surface area contributed by atoms with Gasteiger partial charge in [-0.05, 0) is 63.7 Å². The number of esters is 1. The summed E-state index contributed by atoms with van der Waals surface area (Å²) in [5, 5.41) is 0. The van der Waals surface area contributed by atoms with E-state index < -0.39 is 5.60 Å². The zero-order valence-corrected chi connectivity index (χ0v) is 14.1. The summed E-state index contributed by atoms with van der Waals surface area (Å²) in [5.74, 6) is 1.20. The molecule has 0 aromatic heterocycles. The van der Waals surface area contributed by atoms with Crippen molar-refractivity contribution in [2.24, 2.45) is 23.2 Å². The van der Waals surface area contributed by atoms with Crippen molar-refractivity contribution in [2.45, 2.75) is 52.1 Å². The molecule has 1 heterocycles. The molecule has 22 heavy (non-hydrogen) atoms. The van der Waals surface area contributed by atoms with Crippen molar-refractivity contribution >= 4 is 12.1 Å². The van der Waals surface area contributed by atoms with E-state index in [1.54, 1.807) is 0 Å². The highest BCUT2D eigenvalue weighted by Crippen LogP contribution is 2.61. The SMILES string of the molecule is COC(=O)C1CC2(C1)CC1CN(C(=O)OC(C)(C)C)CC1C2. The first-order valence-electron chi connectivity index (χ1n) is 8.27. The zero-order chi connectivity index (χ0) is 16.1. The Bertz CT molecular complexity index is 460. The van der Waals surface area contributed by atoms with Crippen LogP contribution in [0, 0.1) is 23.2 Å². The van der Waals surface area contributed by atoms with Crippen molar-refractivity contribution in [1.82, 2.24) is 4.90 Å². The molecule has 1 saturated heterocycles. The number of hydrogen-bond acceptors (Lipinski definition) is 4. The second-order valence-electron chi connectivity index (χ2n) is 8.44. The summed E-state index contributed by atoms with van der Waals surface area (Å²) < 4.78 is 10.3. The van der Waals surface area contributed by atoms with Crippen LogP contribution in [0.2, 0.25) is 0 Å². The van der Waals surface area contributed by atoms with E-state index in [-0.39, 0.29) is 18.0 Å².